The highest BCUT2D eigenvalue weighted by atomic mass is 14.6. The molecule has 0 aromatic rings. The van der Waals surface area contributed by atoms with Crippen LogP contribution in [0, 0.1) is 0 Å². The lowest BCUT2D eigenvalue weighted by atomic mass is 10.1. The number of hydrogen-bond acceptors (Lipinski definition) is 3. The van der Waals surface area contributed by atoms with E-state index in [1.165, 1.54) is 70.6 Å². The second-order valence-corrected chi connectivity index (χ2v) is 4.90. The van der Waals surface area contributed by atoms with Crippen molar-refractivity contribution in [2.45, 2.75) is 77.6 Å². The van der Waals surface area contributed by atoms with E-state index in [0.29, 0.717) is 13.1 Å². The first-order valence-corrected chi connectivity index (χ1v) is 7.93. The molecule has 0 rings (SSSR count). The van der Waals surface area contributed by atoms with E-state index in [-0.39, 0.29) is 0 Å². The van der Waals surface area contributed by atoms with E-state index >= 15 is 0 Å². The monoisotopic (exact) mass is 259 g/mol. The van der Waals surface area contributed by atoms with Gasteiger partial charge in [-0.25, -0.2) is 0 Å². The lowest BCUT2D eigenvalue weighted by molar-refractivity contribution is 0.551. The van der Waals surface area contributed by atoms with E-state index in [9.17, 15) is 0 Å². The number of unbranched alkanes of at least 4 members (excludes halogenated alkanes) is 10. The van der Waals surface area contributed by atoms with Crippen LogP contribution in [0.15, 0.2) is 0 Å². The van der Waals surface area contributed by atoms with E-state index in [0.717, 1.165) is 6.54 Å². The Morgan fingerprint density at radius 1 is 0.444 bits per heavy atom. The third kappa shape index (κ3) is 24.9. The molecule has 0 aromatic carbocycles. The summed E-state index contributed by atoms with van der Waals surface area (Å²) in [5.41, 5.74) is 15.2. The molecule has 3 heteroatoms. The van der Waals surface area contributed by atoms with Crippen LogP contribution >= 0.6 is 0 Å². The molecule has 112 valence electrons. The summed E-state index contributed by atoms with van der Waals surface area (Å²) < 4.78 is 0. The molecule has 6 N–H and O–H groups in total. The Morgan fingerprint density at radius 2 is 0.778 bits per heavy atom. The van der Waals surface area contributed by atoms with Gasteiger partial charge in [-0.3, -0.25) is 0 Å². The average molecular weight is 259 g/mol. The topological polar surface area (TPSA) is 78.1 Å². The summed E-state index contributed by atoms with van der Waals surface area (Å²) in [5.74, 6) is 0. The summed E-state index contributed by atoms with van der Waals surface area (Å²) in [4.78, 5) is 0. The van der Waals surface area contributed by atoms with Crippen LogP contribution in [0.4, 0.5) is 0 Å². The smallest absolute Gasteiger partial charge is 0.00461 e. The summed E-state index contributed by atoms with van der Waals surface area (Å²) in [7, 11) is 0. The molecule has 0 unspecified atom stereocenters. The Kier molecular flexibility index (Phi) is 24.8. The van der Waals surface area contributed by atoms with Crippen LogP contribution in [0.25, 0.3) is 0 Å². The fourth-order valence-electron chi connectivity index (χ4n) is 1.81. The summed E-state index contributed by atoms with van der Waals surface area (Å²) in [5, 5.41) is 0. The molecule has 0 aliphatic rings. The second kappa shape index (κ2) is 22.1. The largest absolute Gasteiger partial charge is 0.330 e. The minimum Gasteiger partial charge on any atom is -0.330 e. The predicted molar refractivity (Wildman–Crippen MR) is 83.6 cm³/mol. The third-order valence-electron chi connectivity index (χ3n) is 2.97. The van der Waals surface area contributed by atoms with Gasteiger partial charge in [-0.05, 0) is 13.0 Å². The minimum atomic E-state index is 0.597. The van der Waals surface area contributed by atoms with Crippen LogP contribution in [-0.2, 0) is 0 Å². The van der Waals surface area contributed by atoms with Crippen molar-refractivity contribution in [1.82, 2.24) is 0 Å². The Bertz CT molecular complexity index is 104. The van der Waals surface area contributed by atoms with Gasteiger partial charge in [0, 0.05) is 13.1 Å². The number of hydrogen-bond donors (Lipinski definition) is 3. The van der Waals surface area contributed by atoms with Gasteiger partial charge in [0.15, 0.2) is 0 Å². The van der Waals surface area contributed by atoms with Crippen molar-refractivity contribution in [3.63, 3.8) is 0 Å². The van der Waals surface area contributed by atoms with Crippen molar-refractivity contribution in [3.05, 3.63) is 0 Å². The highest BCUT2D eigenvalue weighted by Gasteiger charge is 1.91. The Hall–Kier alpha value is -0.120. The fourth-order valence-corrected chi connectivity index (χ4v) is 1.81. The van der Waals surface area contributed by atoms with Gasteiger partial charge in [-0.1, -0.05) is 71.1 Å². The van der Waals surface area contributed by atoms with Gasteiger partial charge in [0.1, 0.15) is 0 Å². The maximum Gasteiger partial charge on any atom is 0.00461 e. The van der Waals surface area contributed by atoms with E-state index in [1.54, 1.807) is 0 Å². The molecule has 0 fully saturated rings. The van der Waals surface area contributed by atoms with Crippen molar-refractivity contribution in [3.8, 4) is 0 Å². The SMILES string of the molecule is CCCCCCCCCCCCCN.NCCN. The Balaban J connectivity index is 0. The van der Waals surface area contributed by atoms with Crippen molar-refractivity contribution < 1.29 is 0 Å². The van der Waals surface area contributed by atoms with Gasteiger partial charge in [0.05, 0.1) is 0 Å². The van der Waals surface area contributed by atoms with E-state index in [2.05, 4.69) is 6.92 Å². The quantitative estimate of drug-likeness (QED) is 0.471. The van der Waals surface area contributed by atoms with Gasteiger partial charge in [0.2, 0.25) is 0 Å². The predicted octanol–water partition coefficient (Wildman–Crippen LogP) is 3.16. The van der Waals surface area contributed by atoms with E-state index < -0.39 is 0 Å². The van der Waals surface area contributed by atoms with Gasteiger partial charge in [-0.15, -0.1) is 0 Å². The number of rotatable bonds is 12. The van der Waals surface area contributed by atoms with Gasteiger partial charge in [-0.2, -0.15) is 0 Å². The molecule has 0 saturated carbocycles. The molecular weight excluding hydrogens is 222 g/mol. The average Bonchev–Trinajstić information content (AvgIpc) is 2.41. The first-order valence-electron chi connectivity index (χ1n) is 7.93. The summed E-state index contributed by atoms with van der Waals surface area (Å²) in [6, 6.07) is 0. The molecule has 0 saturated heterocycles. The highest BCUT2D eigenvalue weighted by Crippen LogP contribution is 2.10. The standard InChI is InChI=1S/C13H29N.C2H8N2/c1-2-3-4-5-6-7-8-9-10-11-12-13-14;3-1-2-4/h2-14H2,1H3;1-4H2. The number of nitrogens with two attached hydrogens (primary N) is 3. The van der Waals surface area contributed by atoms with Crippen LogP contribution < -0.4 is 17.2 Å². The molecule has 0 heterocycles. The molecule has 0 atom stereocenters. The molecule has 18 heavy (non-hydrogen) atoms. The first kappa shape index (κ1) is 20.2. The minimum absolute atomic E-state index is 0.597. The summed E-state index contributed by atoms with van der Waals surface area (Å²) >= 11 is 0. The van der Waals surface area contributed by atoms with Gasteiger partial charge in [0.25, 0.3) is 0 Å². The first-order chi connectivity index (χ1) is 8.83. The van der Waals surface area contributed by atoms with Crippen molar-refractivity contribution in [2.75, 3.05) is 19.6 Å². The molecule has 0 radical (unpaired) electrons. The summed E-state index contributed by atoms with van der Waals surface area (Å²) in [6.07, 6.45) is 15.4. The molecule has 0 aliphatic heterocycles. The Labute approximate surface area is 115 Å². The normalized spacial score (nSPS) is 10.0. The van der Waals surface area contributed by atoms with Crippen LogP contribution in [0.1, 0.15) is 77.6 Å². The van der Waals surface area contributed by atoms with Gasteiger partial charge >= 0.3 is 0 Å². The lowest BCUT2D eigenvalue weighted by Gasteiger charge is -2.01. The van der Waals surface area contributed by atoms with Crippen LogP contribution in [0.5, 0.6) is 0 Å². The van der Waals surface area contributed by atoms with Crippen molar-refractivity contribution in [2.24, 2.45) is 17.2 Å². The highest BCUT2D eigenvalue weighted by molar-refractivity contribution is 4.47. The maximum atomic E-state index is 5.44. The molecule has 0 amide bonds. The van der Waals surface area contributed by atoms with Crippen LogP contribution in [-0.4, -0.2) is 19.6 Å². The zero-order chi connectivity index (χ0) is 13.9. The third-order valence-corrected chi connectivity index (χ3v) is 2.97. The van der Waals surface area contributed by atoms with Crippen LogP contribution in [0.2, 0.25) is 0 Å². The zero-order valence-corrected chi connectivity index (χ0v) is 12.6. The molecular formula is C15H37N3. The summed E-state index contributed by atoms with van der Waals surface area (Å²) in [6.45, 7) is 4.34. The molecule has 0 aliphatic carbocycles. The van der Waals surface area contributed by atoms with E-state index in [4.69, 9.17) is 17.2 Å². The Morgan fingerprint density at radius 3 is 1.06 bits per heavy atom. The van der Waals surface area contributed by atoms with Crippen molar-refractivity contribution >= 4 is 0 Å². The van der Waals surface area contributed by atoms with Gasteiger partial charge < -0.3 is 17.2 Å². The second-order valence-electron chi connectivity index (χ2n) is 4.90. The van der Waals surface area contributed by atoms with Crippen LogP contribution in [0.3, 0.4) is 0 Å². The van der Waals surface area contributed by atoms with E-state index in [1.807, 2.05) is 0 Å². The molecule has 0 aromatic heterocycles. The lowest BCUT2D eigenvalue weighted by Crippen LogP contribution is -2.11. The van der Waals surface area contributed by atoms with Crippen molar-refractivity contribution in [1.29, 1.82) is 0 Å². The molecule has 3 nitrogen and oxygen atoms in total. The molecule has 0 bridgehead atoms. The zero-order valence-electron chi connectivity index (χ0n) is 12.6. The maximum absolute atomic E-state index is 5.44. The fraction of sp³-hybridized carbons (Fsp3) is 1.00. The molecule has 0 spiro atoms.